The summed E-state index contributed by atoms with van der Waals surface area (Å²) in [4.78, 5) is 39.3. The molecule has 2 heterocycles. The monoisotopic (exact) mass is 563 g/mol. The molecule has 2 aromatic heterocycles. The van der Waals surface area contributed by atoms with Gasteiger partial charge in [-0.3, -0.25) is 19.1 Å². The van der Waals surface area contributed by atoms with Crippen molar-refractivity contribution in [2.45, 2.75) is 18.9 Å². The summed E-state index contributed by atoms with van der Waals surface area (Å²) in [7, 11) is 3.27. The lowest BCUT2D eigenvalue weighted by molar-refractivity contribution is -0.118. The maximum Gasteiger partial charge on any atom is 0.270 e. The van der Waals surface area contributed by atoms with Crippen molar-refractivity contribution in [1.29, 1.82) is 0 Å². The van der Waals surface area contributed by atoms with Crippen LogP contribution in [0.4, 0.5) is 10.1 Å². The fraction of sp³-hybridized carbons (Fsp3) is 0.152. The zero-order valence-electron chi connectivity index (χ0n) is 23.4. The summed E-state index contributed by atoms with van der Waals surface area (Å²) in [5.74, 6) is -2.11. The van der Waals surface area contributed by atoms with Crippen molar-refractivity contribution in [3.63, 3.8) is 0 Å². The van der Waals surface area contributed by atoms with Crippen LogP contribution in [0, 0.1) is 12.7 Å². The highest BCUT2D eigenvalue weighted by atomic mass is 19.1. The molecule has 2 N–H and O–H groups in total. The van der Waals surface area contributed by atoms with Gasteiger partial charge in [0.15, 0.2) is 0 Å². The van der Waals surface area contributed by atoms with Gasteiger partial charge in [0.05, 0.1) is 0 Å². The van der Waals surface area contributed by atoms with E-state index in [9.17, 15) is 14.4 Å². The average molecular weight is 564 g/mol. The molecule has 0 aliphatic rings. The van der Waals surface area contributed by atoms with E-state index < -0.39 is 29.6 Å². The third kappa shape index (κ3) is 5.76. The van der Waals surface area contributed by atoms with Gasteiger partial charge in [0.1, 0.15) is 17.6 Å². The molecule has 0 aliphatic carbocycles. The standard InChI is InChI=1S/C33H30FN5O3/c1-21-25(16-17-29(40)38(21)2)26-15-14-24(20-27(26)34)36-33(42)31(37-32(41)28-18-19-35-39(28)3)30(22-10-6-4-7-11-22)23-12-8-5-9-13-23/h4-20,30-31H,1-3H3,(H,36,42)(H,37,41). The smallest absolute Gasteiger partial charge is 0.270 e. The van der Waals surface area contributed by atoms with E-state index in [0.29, 0.717) is 16.8 Å². The van der Waals surface area contributed by atoms with Crippen LogP contribution in [0.3, 0.4) is 0 Å². The number of carbonyl (C=O) groups excluding carboxylic acids is 2. The molecule has 42 heavy (non-hydrogen) atoms. The predicted octanol–water partition coefficient (Wildman–Crippen LogP) is 4.80. The van der Waals surface area contributed by atoms with Crippen LogP contribution in [0.5, 0.6) is 0 Å². The molecule has 0 saturated carbocycles. The highest BCUT2D eigenvalue weighted by Gasteiger charge is 2.33. The van der Waals surface area contributed by atoms with Gasteiger partial charge in [0.25, 0.3) is 5.91 Å². The van der Waals surface area contributed by atoms with E-state index in [4.69, 9.17) is 0 Å². The molecule has 0 bridgehead atoms. The first kappa shape index (κ1) is 28.2. The fourth-order valence-electron chi connectivity index (χ4n) is 5.06. The Kier molecular flexibility index (Phi) is 8.10. The van der Waals surface area contributed by atoms with Gasteiger partial charge in [0, 0.05) is 54.8 Å². The van der Waals surface area contributed by atoms with Crippen molar-refractivity contribution in [3.8, 4) is 11.1 Å². The molecule has 5 aromatic rings. The molecule has 0 spiro atoms. The summed E-state index contributed by atoms with van der Waals surface area (Å²) in [6.45, 7) is 1.74. The molecule has 2 amide bonds. The topological polar surface area (TPSA) is 98.0 Å². The molecule has 1 unspecified atom stereocenters. The number of amides is 2. The second-order valence-corrected chi connectivity index (χ2v) is 10.0. The van der Waals surface area contributed by atoms with Gasteiger partial charge < -0.3 is 15.2 Å². The summed E-state index contributed by atoms with van der Waals surface area (Å²) in [5.41, 5.74) is 3.45. The highest BCUT2D eigenvalue weighted by Crippen LogP contribution is 2.31. The molecule has 0 aliphatic heterocycles. The molecule has 3 aromatic carbocycles. The first-order valence-corrected chi connectivity index (χ1v) is 13.4. The lowest BCUT2D eigenvalue weighted by Crippen LogP contribution is -2.48. The molecule has 5 rings (SSSR count). The fourth-order valence-corrected chi connectivity index (χ4v) is 5.06. The number of nitrogens with one attached hydrogen (secondary N) is 2. The Hall–Kier alpha value is -5.31. The molecular weight excluding hydrogens is 533 g/mol. The largest absolute Gasteiger partial charge is 0.338 e. The summed E-state index contributed by atoms with van der Waals surface area (Å²) < 4.78 is 18.3. The van der Waals surface area contributed by atoms with Gasteiger partial charge in [-0.2, -0.15) is 5.10 Å². The first-order valence-electron chi connectivity index (χ1n) is 13.4. The minimum Gasteiger partial charge on any atom is -0.338 e. The second kappa shape index (κ2) is 12.1. The molecular formula is C33H30FN5O3. The Labute approximate surface area is 242 Å². The first-order chi connectivity index (χ1) is 20.2. The third-order valence-electron chi connectivity index (χ3n) is 7.42. The van der Waals surface area contributed by atoms with Crippen molar-refractivity contribution < 1.29 is 14.0 Å². The van der Waals surface area contributed by atoms with Crippen LogP contribution in [-0.4, -0.2) is 32.2 Å². The van der Waals surface area contributed by atoms with Crippen LogP contribution in [-0.2, 0) is 18.9 Å². The van der Waals surface area contributed by atoms with Crippen molar-refractivity contribution in [2.75, 3.05) is 5.32 Å². The predicted molar refractivity (Wildman–Crippen MR) is 160 cm³/mol. The van der Waals surface area contributed by atoms with Crippen LogP contribution in [0.1, 0.15) is 33.2 Å². The van der Waals surface area contributed by atoms with E-state index in [0.717, 1.165) is 11.1 Å². The van der Waals surface area contributed by atoms with Gasteiger partial charge >= 0.3 is 0 Å². The molecule has 8 nitrogen and oxygen atoms in total. The number of rotatable bonds is 8. The highest BCUT2D eigenvalue weighted by molar-refractivity contribution is 6.01. The van der Waals surface area contributed by atoms with Gasteiger partial charge in [-0.05, 0) is 48.4 Å². The van der Waals surface area contributed by atoms with Crippen molar-refractivity contribution >= 4 is 17.5 Å². The lowest BCUT2D eigenvalue weighted by Gasteiger charge is -2.28. The molecule has 9 heteroatoms. The number of anilines is 1. The number of nitrogens with zero attached hydrogens (tertiary/aromatic N) is 3. The van der Waals surface area contributed by atoms with Crippen LogP contribution >= 0.6 is 0 Å². The number of halogens is 1. The summed E-state index contributed by atoms with van der Waals surface area (Å²) in [5, 5.41) is 9.79. The van der Waals surface area contributed by atoms with Crippen LogP contribution in [0.15, 0.2) is 108 Å². The van der Waals surface area contributed by atoms with Crippen molar-refractivity contribution in [1.82, 2.24) is 19.7 Å². The van der Waals surface area contributed by atoms with Gasteiger partial charge in [-0.25, -0.2) is 4.39 Å². The van der Waals surface area contributed by atoms with E-state index in [2.05, 4.69) is 15.7 Å². The quantitative estimate of drug-likeness (QED) is 0.283. The maximum atomic E-state index is 15.4. The molecule has 0 saturated heterocycles. The van der Waals surface area contributed by atoms with Crippen LogP contribution in [0.25, 0.3) is 11.1 Å². The average Bonchev–Trinajstić information content (AvgIpc) is 3.43. The Bertz CT molecular complexity index is 1760. The third-order valence-corrected chi connectivity index (χ3v) is 7.42. The number of hydrogen-bond donors (Lipinski definition) is 2. The second-order valence-electron chi connectivity index (χ2n) is 10.0. The van der Waals surface area contributed by atoms with E-state index >= 15 is 4.39 Å². The van der Waals surface area contributed by atoms with E-state index in [1.807, 2.05) is 60.7 Å². The van der Waals surface area contributed by atoms with Gasteiger partial charge in [-0.1, -0.05) is 60.7 Å². The van der Waals surface area contributed by atoms with E-state index in [1.165, 1.54) is 27.6 Å². The van der Waals surface area contributed by atoms with Crippen molar-refractivity contribution in [2.24, 2.45) is 14.1 Å². The van der Waals surface area contributed by atoms with Crippen molar-refractivity contribution in [3.05, 3.63) is 142 Å². The molecule has 0 fully saturated rings. The van der Waals surface area contributed by atoms with Crippen LogP contribution < -0.4 is 16.2 Å². The number of aromatic nitrogens is 3. The Morgan fingerprint density at radius 3 is 2.02 bits per heavy atom. The number of pyridine rings is 1. The van der Waals surface area contributed by atoms with Gasteiger partial charge in [-0.15, -0.1) is 0 Å². The number of carbonyl (C=O) groups is 2. The molecule has 212 valence electrons. The summed E-state index contributed by atoms with van der Waals surface area (Å²) in [6.07, 6.45) is 1.51. The molecule has 1 atom stereocenters. The minimum absolute atomic E-state index is 0.189. The number of benzene rings is 3. The van der Waals surface area contributed by atoms with E-state index in [-0.39, 0.29) is 16.9 Å². The summed E-state index contributed by atoms with van der Waals surface area (Å²) >= 11 is 0. The normalized spacial score (nSPS) is 11.7. The van der Waals surface area contributed by atoms with Gasteiger partial charge in [0.2, 0.25) is 11.5 Å². The zero-order valence-corrected chi connectivity index (χ0v) is 23.4. The lowest BCUT2D eigenvalue weighted by atomic mass is 9.84. The maximum absolute atomic E-state index is 15.4. The SMILES string of the molecule is Cc1c(-c2ccc(NC(=O)C(NC(=O)c3ccnn3C)C(c3ccccc3)c3ccccc3)cc2F)ccc(=O)n1C. The number of aryl methyl sites for hydroxylation is 1. The number of hydrogen-bond acceptors (Lipinski definition) is 4. The summed E-state index contributed by atoms with van der Waals surface area (Å²) in [6, 6.07) is 26.7. The van der Waals surface area contributed by atoms with Crippen LogP contribution in [0.2, 0.25) is 0 Å². The Morgan fingerprint density at radius 2 is 1.45 bits per heavy atom. The zero-order chi connectivity index (χ0) is 29.8. The van der Waals surface area contributed by atoms with E-state index in [1.54, 1.807) is 45.3 Å². The molecule has 0 radical (unpaired) electrons. The Morgan fingerprint density at radius 1 is 0.833 bits per heavy atom. The minimum atomic E-state index is -1.06. The Balaban J connectivity index is 1.52.